The molecule has 0 bridgehead atoms. The summed E-state index contributed by atoms with van der Waals surface area (Å²) in [6.45, 7) is -0.278. The first-order valence-electron chi connectivity index (χ1n) is 11.1. The third-order valence-electron chi connectivity index (χ3n) is 6.27. The van der Waals surface area contributed by atoms with Gasteiger partial charge < -0.3 is 0 Å². The molecular weight excluding hydrogens is 570 g/mol. The highest BCUT2D eigenvalue weighted by Crippen LogP contribution is 2.43. The minimum atomic E-state index is -5.05. The molecule has 0 amide bonds. The molecule has 37 heavy (non-hydrogen) atoms. The topological polar surface area (TPSA) is 20.3 Å². The number of nitrogens with zero attached hydrogens (tertiary/aromatic N) is 1. The number of alkyl halides is 6. The SMILES string of the molecule is CN(CC(=O)c1ccc(/C(F)=C/C(c2cc(Cl)c(Cl)c(Cl)c2)C(F)(F)F)cc1C(F)(F)F)C1CCCC1. The van der Waals surface area contributed by atoms with Crippen molar-refractivity contribution in [2.75, 3.05) is 13.6 Å². The molecule has 0 saturated heterocycles. The van der Waals surface area contributed by atoms with E-state index in [-0.39, 0.29) is 33.7 Å². The molecule has 0 radical (unpaired) electrons. The molecule has 0 spiro atoms. The average Bonchev–Trinajstić information content (AvgIpc) is 3.34. The minimum Gasteiger partial charge on any atom is -0.296 e. The van der Waals surface area contributed by atoms with Gasteiger partial charge in [-0.25, -0.2) is 4.39 Å². The molecule has 1 saturated carbocycles. The summed E-state index contributed by atoms with van der Waals surface area (Å²) in [5, 5.41) is -0.819. The second-order valence-electron chi connectivity index (χ2n) is 8.87. The van der Waals surface area contributed by atoms with Crippen molar-refractivity contribution in [1.82, 2.24) is 4.90 Å². The Hall–Kier alpha value is -1.81. The number of halogens is 10. The van der Waals surface area contributed by atoms with Crippen LogP contribution >= 0.6 is 34.8 Å². The first-order valence-corrected chi connectivity index (χ1v) is 12.3. The van der Waals surface area contributed by atoms with Gasteiger partial charge in [0.25, 0.3) is 0 Å². The van der Waals surface area contributed by atoms with Gasteiger partial charge in [0, 0.05) is 17.2 Å². The monoisotopic (exact) mass is 589 g/mol. The molecule has 3 rings (SSSR count). The Morgan fingerprint density at radius 1 is 1.03 bits per heavy atom. The van der Waals surface area contributed by atoms with Gasteiger partial charge >= 0.3 is 12.4 Å². The molecule has 0 heterocycles. The van der Waals surface area contributed by atoms with Gasteiger partial charge in [0.1, 0.15) is 11.7 Å². The van der Waals surface area contributed by atoms with E-state index >= 15 is 4.39 Å². The Labute approximate surface area is 224 Å². The number of hydrogen-bond acceptors (Lipinski definition) is 2. The van der Waals surface area contributed by atoms with E-state index in [9.17, 15) is 31.1 Å². The second-order valence-corrected chi connectivity index (χ2v) is 10.1. The third kappa shape index (κ3) is 7.19. The van der Waals surface area contributed by atoms with E-state index in [0.29, 0.717) is 6.07 Å². The molecular formula is C25H21Cl3F7NO. The van der Waals surface area contributed by atoms with Crippen LogP contribution in [-0.4, -0.2) is 36.5 Å². The van der Waals surface area contributed by atoms with Gasteiger partial charge in [0.2, 0.25) is 0 Å². The maximum absolute atomic E-state index is 15.0. The van der Waals surface area contributed by atoms with Crippen LogP contribution in [0.4, 0.5) is 30.7 Å². The Morgan fingerprint density at radius 3 is 2.11 bits per heavy atom. The lowest BCUT2D eigenvalue weighted by molar-refractivity contribution is -0.140. The van der Waals surface area contributed by atoms with Crippen LogP contribution in [0.5, 0.6) is 0 Å². The smallest absolute Gasteiger partial charge is 0.296 e. The summed E-state index contributed by atoms with van der Waals surface area (Å²) in [5.74, 6) is -4.98. The molecule has 2 aromatic rings. The number of likely N-dealkylation sites (N-methyl/N-ethyl adjacent to an activating group) is 1. The van der Waals surface area contributed by atoms with E-state index in [4.69, 9.17) is 34.8 Å². The first kappa shape index (κ1) is 29.7. The number of rotatable bonds is 7. The Balaban J connectivity index is 1.99. The summed E-state index contributed by atoms with van der Waals surface area (Å²) in [6.07, 6.45) is -6.38. The lowest BCUT2D eigenvalue weighted by Crippen LogP contribution is -2.34. The number of benzene rings is 2. The van der Waals surface area contributed by atoms with Crippen LogP contribution in [0, 0.1) is 0 Å². The quantitative estimate of drug-likeness (QED) is 0.182. The fraction of sp³-hybridized carbons (Fsp3) is 0.400. The number of carbonyl (C=O) groups excluding carboxylic acids is 1. The minimum absolute atomic E-state index is 0.0760. The Bertz CT molecular complexity index is 1160. The fourth-order valence-corrected chi connectivity index (χ4v) is 4.95. The maximum atomic E-state index is 15.0. The largest absolute Gasteiger partial charge is 0.417 e. The highest BCUT2D eigenvalue weighted by molar-refractivity contribution is 6.48. The third-order valence-corrected chi connectivity index (χ3v) is 7.47. The lowest BCUT2D eigenvalue weighted by atomic mass is 9.95. The molecule has 2 nitrogen and oxygen atoms in total. The highest BCUT2D eigenvalue weighted by atomic mass is 35.5. The van der Waals surface area contributed by atoms with Crippen LogP contribution in [0.25, 0.3) is 5.83 Å². The van der Waals surface area contributed by atoms with Gasteiger partial charge in [-0.3, -0.25) is 9.69 Å². The zero-order chi connectivity index (χ0) is 27.7. The zero-order valence-electron chi connectivity index (χ0n) is 19.3. The summed E-state index contributed by atoms with van der Waals surface area (Å²) >= 11 is 17.4. The van der Waals surface area contributed by atoms with Crippen molar-refractivity contribution in [3.05, 3.63) is 73.7 Å². The molecule has 1 unspecified atom stereocenters. The number of carbonyl (C=O) groups is 1. The zero-order valence-corrected chi connectivity index (χ0v) is 21.6. The molecule has 1 aliphatic rings. The standard InChI is InChI=1S/C25H21Cl3F7NO/c1-36(15-4-2-3-5-15)12-22(37)16-7-6-13(8-18(16)25(33,34)35)21(29)11-17(24(30,31)32)14-9-19(26)23(28)20(27)10-14/h6-11,15,17H,2-5,12H2,1H3/b21-11-. The van der Waals surface area contributed by atoms with Gasteiger partial charge in [-0.15, -0.1) is 0 Å². The van der Waals surface area contributed by atoms with Crippen molar-refractivity contribution in [2.24, 2.45) is 0 Å². The molecule has 0 N–H and O–H groups in total. The molecule has 1 aliphatic carbocycles. The van der Waals surface area contributed by atoms with Crippen molar-refractivity contribution < 1.29 is 35.5 Å². The summed E-state index contributed by atoms with van der Waals surface area (Å²) in [6, 6.07) is 3.74. The number of allylic oxidation sites excluding steroid dienone is 1. The molecule has 1 atom stereocenters. The van der Waals surface area contributed by atoms with Crippen LogP contribution < -0.4 is 0 Å². The summed E-state index contributed by atoms with van der Waals surface area (Å²) in [4.78, 5) is 14.4. The van der Waals surface area contributed by atoms with Crippen molar-refractivity contribution in [3.63, 3.8) is 0 Å². The summed E-state index contributed by atoms with van der Waals surface area (Å²) in [5.41, 5.74) is -3.44. The average molecular weight is 591 g/mol. The van der Waals surface area contributed by atoms with Gasteiger partial charge in [0.15, 0.2) is 5.78 Å². The van der Waals surface area contributed by atoms with E-state index in [1.807, 2.05) is 0 Å². The van der Waals surface area contributed by atoms with Crippen LogP contribution in [0.15, 0.2) is 36.4 Å². The van der Waals surface area contributed by atoms with Crippen LogP contribution in [0.2, 0.25) is 15.1 Å². The van der Waals surface area contributed by atoms with Crippen molar-refractivity contribution in [1.29, 1.82) is 0 Å². The molecule has 1 fully saturated rings. The molecule has 2 aromatic carbocycles. The molecule has 0 aromatic heterocycles. The fourth-order valence-electron chi connectivity index (χ4n) is 4.33. The summed E-state index contributed by atoms with van der Waals surface area (Å²) in [7, 11) is 1.64. The summed E-state index contributed by atoms with van der Waals surface area (Å²) < 4.78 is 97.7. The predicted molar refractivity (Wildman–Crippen MR) is 130 cm³/mol. The number of hydrogen-bond donors (Lipinski definition) is 0. The first-order chi connectivity index (χ1) is 17.1. The molecule has 0 aliphatic heterocycles. The molecule has 12 heteroatoms. The Morgan fingerprint density at radius 2 is 1.59 bits per heavy atom. The van der Waals surface area contributed by atoms with Crippen molar-refractivity contribution >= 4 is 46.4 Å². The van der Waals surface area contributed by atoms with Crippen molar-refractivity contribution in [2.45, 2.75) is 50.0 Å². The van der Waals surface area contributed by atoms with E-state index in [1.165, 1.54) is 0 Å². The number of Topliss-reactive ketones (excluding diaryl/α,β-unsaturated/α-hetero) is 1. The van der Waals surface area contributed by atoms with E-state index in [0.717, 1.165) is 49.9 Å². The van der Waals surface area contributed by atoms with Crippen LogP contribution in [-0.2, 0) is 6.18 Å². The van der Waals surface area contributed by atoms with Crippen LogP contribution in [0.3, 0.4) is 0 Å². The normalized spacial score (nSPS) is 16.5. The van der Waals surface area contributed by atoms with Crippen molar-refractivity contribution in [3.8, 4) is 0 Å². The van der Waals surface area contributed by atoms with Gasteiger partial charge in [0.05, 0.1) is 27.2 Å². The maximum Gasteiger partial charge on any atom is 0.417 e. The van der Waals surface area contributed by atoms with Gasteiger partial charge in [-0.05, 0) is 49.7 Å². The van der Waals surface area contributed by atoms with Gasteiger partial charge in [-0.1, -0.05) is 59.8 Å². The van der Waals surface area contributed by atoms with E-state index < -0.39 is 52.1 Å². The second kappa shape index (κ2) is 11.5. The number of ketones is 1. The van der Waals surface area contributed by atoms with Gasteiger partial charge in [-0.2, -0.15) is 26.3 Å². The van der Waals surface area contributed by atoms with Crippen LogP contribution in [0.1, 0.15) is 58.6 Å². The molecule has 202 valence electrons. The lowest BCUT2D eigenvalue weighted by Gasteiger charge is -2.24. The highest BCUT2D eigenvalue weighted by Gasteiger charge is 2.41. The Kier molecular flexibility index (Phi) is 9.26. The van der Waals surface area contributed by atoms with E-state index in [2.05, 4.69) is 0 Å². The van der Waals surface area contributed by atoms with E-state index in [1.54, 1.807) is 11.9 Å². The predicted octanol–water partition coefficient (Wildman–Crippen LogP) is 9.38.